The second-order valence-electron chi connectivity index (χ2n) is 6.35. The van der Waals surface area contributed by atoms with Gasteiger partial charge in [-0.1, -0.05) is 24.9 Å². The Morgan fingerprint density at radius 3 is 2.73 bits per heavy atom. The maximum absolute atomic E-state index is 12.4. The molecule has 3 rings (SSSR count). The van der Waals surface area contributed by atoms with E-state index < -0.39 is 0 Å². The molecule has 26 heavy (non-hydrogen) atoms. The van der Waals surface area contributed by atoms with Crippen LogP contribution in [-0.4, -0.2) is 41.9 Å². The second kappa shape index (κ2) is 10.6. The Morgan fingerprint density at radius 2 is 2.15 bits per heavy atom. The summed E-state index contributed by atoms with van der Waals surface area (Å²) in [6.07, 6.45) is 2.99. The summed E-state index contributed by atoms with van der Waals surface area (Å²) in [6.45, 7) is 7.13. The Hall–Kier alpha value is -1.50. The van der Waals surface area contributed by atoms with Crippen molar-refractivity contribution >= 4 is 22.5 Å². The van der Waals surface area contributed by atoms with Crippen LogP contribution in [0.4, 0.5) is 4.39 Å². The van der Waals surface area contributed by atoms with Gasteiger partial charge in [0.05, 0.1) is 10.9 Å². The molecule has 144 valence electrons. The number of nitrogens with one attached hydrogen (secondary N) is 2. The van der Waals surface area contributed by atoms with Crippen molar-refractivity contribution in [2.24, 2.45) is 0 Å². The Kier molecular flexibility index (Phi) is 8.48. The van der Waals surface area contributed by atoms with Gasteiger partial charge in [0, 0.05) is 43.7 Å². The Labute approximate surface area is 159 Å². The van der Waals surface area contributed by atoms with Crippen molar-refractivity contribution in [2.45, 2.75) is 45.7 Å². The van der Waals surface area contributed by atoms with E-state index in [4.69, 9.17) is 11.6 Å². The van der Waals surface area contributed by atoms with Gasteiger partial charge in [-0.2, -0.15) is 0 Å². The van der Waals surface area contributed by atoms with Gasteiger partial charge in [0.15, 0.2) is 0 Å². The fraction of sp³-hybridized carbons (Fsp3) is 0.579. The van der Waals surface area contributed by atoms with Crippen LogP contribution in [-0.2, 0) is 13.0 Å². The molecule has 0 radical (unpaired) electrons. The molecule has 1 atom stereocenters. The smallest absolute Gasteiger partial charge is 0.261 e. The zero-order chi connectivity index (χ0) is 18.9. The van der Waals surface area contributed by atoms with Crippen LogP contribution >= 0.6 is 11.6 Å². The van der Waals surface area contributed by atoms with E-state index in [0.29, 0.717) is 17.0 Å². The lowest BCUT2D eigenvalue weighted by Gasteiger charge is -2.21. The van der Waals surface area contributed by atoms with Gasteiger partial charge in [-0.25, -0.2) is 9.37 Å². The van der Waals surface area contributed by atoms with E-state index in [0.717, 1.165) is 50.2 Å². The van der Waals surface area contributed by atoms with E-state index in [9.17, 15) is 9.18 Å². The molecule has 7 heteroatoms. The molecular weight excluding hydrogens is 355 g/mol. The molecule has 5 nitrogen and oxygen atoms in total. The average molecular weight is 383 g/mol. The van der Waals surface area contributed by atoms with Crippen LogP contribution in [0.1, 0.15) is 32.5 Å². The zero-order valence-electron chi connectivity index (χ0n) is 15.5. The summed E-state index contributed by atoms with van der Waals surface area (Å²) in [5.74, 6) is 0.874. The van der Waals surface area contributed by atoms with Gasteiger partial charge in [0.2, 0.25) is 0 Å². The molecule has 2 N–H and O–H groups in total. The van der Waals surface area contributed by atoms with E-state index in [1.165, 1.54) is 0 Å². The molecule has 0 aliphatic carbocycles. The molecule has 1 saturated heterocycles. The lowest BCUT2D eigenvalue weighted by Crippen LogP contribution is -2.49. The number of aromatic nitrogens is 2. The number of nitrogens with zero attached hydrogens (tertiary/aromatic N) is 2. The standard InChI is InChI=1S/C14H17ClN2O.C5H11FN2/c1-3-5-6-13-16-12-8-7-10(15)9-11(12)14(18)17(13)4-2;6-3-5-4-7-1-2-8-5/h7-9H,3-6H2,1-2H3;5,7-8H,1-4H2. The van der Waals surface area contributed by atoms with E-state index in [-0.39, 0.29) is 18.3 Å². The Balaban J connectivity index is 0.000000254. The maximum Gasteiger partial charge on any atom is 0.261 e. The Morgan fingerprint density at radius 1 is 1.35 bits per heavy atom. The molecule has 1 aromatic heterocycles. The molecule has 0 bridgehead atoms. The molecule has 2 heterocycles. The number of halogens is 2. The number of hydrogen-bond donors (Lipinski definition) is 2. The molecule has 1 aromatic carbocycles. The number of hydrogen-bond acceptors (Lipinski definition) is 4. The number of rotatable bonds is 5. The average Bonchev–Trinajstić information content (AvgIpc) is 2.68. The quantitative estimate of drug-likeness (QED) is 0.834. The van der Waals surface area contributed by atoms with Crippen molar-refractivity contribution in [3.63, 3.8) is 0 Å². The third-order valence-corrected chi connectivity index (χ3v) is 4.61. The van der Waals surface area contributed by atoms with Crippen molar-refractivity contribution in [2.75, 3.05) is 26.3 Å². The second-order valence-corrected chi connectivity index (χ2v) is 6.79. The van der Waals surface area contributed by atoms with Crippen LogP contribution in [0.25, 0.3) is 10.9 Å². The van der Waals surface area contributed by atoms with Crippen molar-refractivity contribution in [1.29, 1.82) is 0 Å². The minimum Gasteiger partial charge on any atom is -0.314 e. The van der Waals surface area contributed by atoms with E-state index >= 15 is 0 Å². The molecule has 1 unspecified atom stereocenters. The maximum atomic E-state index is 12.4. The normalized spacial score (nSPS) is 17.0. The number of unbranched alkanes of at least 4 members (excludes halogenated alkanes) is 1. The fourth-order valence-corrected chi connectivity index (χ4v) is 3.09. The third kappa shape index (κ3) is 5.50. The predicted molar refractivity (Wildman–Crippen MR) is 106 cm³/mol. The molecule has 0 spiro atoms. The van der Waals surface area contributed by atoms with Gasteiger partial charge in [0.1, 0.15) is 12.5 Å². The van der Waals surface area contributed by atoms with Crippen molar-refractivity contribution < 1.29 is 4.39 Å². The zero-order valence-corrected chi connectivity index (χ0v) is 16.3. The number of alkyl halides is 1. The molecule has 0 saturated carbocycles. The lowest BCUT2D eigenvalue weighted by atomic mass is 10.2. The monoisotopic (exact) mass is 382 g/mol. The third-order valence-electron chi connectivity index (χ3n) is 4.38. The van der Waals surface area contributed by atoms with E-state index in [2.05, 4.69) is 22.5 Å². The van der Waals surface area contributed by atoms with E-state index in [1.54, 1.807) is 16.7 Å². The van der Waals surface area contributed by atoms with Crippen molar-refractivity contribution in [3.8, 4) is 0 Å². The van der Waals surface area contributed by atoms with Crippen LogP contribution in [0.2, 0.25) is 5.02 Å². The van der Waals surface area contributed by atoms with E-state index in [1.807, 2.05) is 13.0 Å². The highest BCUT2D eigenvalue weighted by atomic mass is 35.5. The van der Waals surface area contributed by atoms with Crippen LogP contribution in [0, 0.1) is 0 Å². The molecular formula is C19H28ClFN4O. The summed E-state index contributed by atoms with van der Waals surface area (Å²) in [5.41, 5.74) is 0.747. The summed E-state index contributed by atoms with van der Waals surface area (Å²) in [5, 5.41) is 7.29. The summed E-state index contributed by atoms with van der Waals surface area (Å²) in [6, 6.07) is 5.34. The minimum absolute atomic E-state index is 0.0103. The highest BCUT2D eigenvalue weighted by molar-refractivity contribution is 6.31. The van der Waals surface area contributed by atoms with Crippen LogP contribution in [0.5, 0.6) is 0 Å². The largest absolute Gasteiger partial charge is 0.314 e. The van der Waals surface area contributed by atoms with Gasteiger partial charge in [-0.3, -0.25) is 9.36 Å². The van der Waals surface area contributed by atoms with Crippen molar-refractivity contribution in [3.05, 3.63) is 39.4 Å². The van der Waals surface area contributed by atoms with Crippen molar-refractivity contribution in [1.82, 2.24) is 20.2 Å². The first-order chi connectivity index (χ1) is 12.6. The topological polar surface area (TPSA) is 59.0 Å². The van der Waals surface area contributed by atoms with Gasteiger partial charge < -0.3 is 10.6 Å². The summed E-state index contributed by atoms with van der Waals surface area (Å²) in [7, 11) is 0. The first-order valence-electron chi connectivity index (χ1n) is 9.29. The van der Waals surface area contributed by atoms with Crippen LogP contribution in [0.15, 0.2) is 23.0 Å². The number of fused-ring (bicyclic) bond motifs is 1. The Bertz CT molecular complexity index is 759. The highest BCUT2D eigenvalue weighted by Gasteiger charge is 2.10. The van der Waals surface area contributed by atoms with Crippen LogP contribution < -0.4 is 16.2 Å². The number of benzene rings is 1. The minimum atomic E-state index is -0.257. The van der Waals surface area contributed by atoms with Gasteiger partial charge >= 0.3 is 0 Å². The highest BCUT2D eigenvalue weighted by Crippen LogP contribution is 2.16. The molecule has 0 amide bonds. The SMILES string of the molecule is CCCCc1nc2ccc(Cl)cc2c(=O)n1CC.FCC1CNCCN1. The summed E-state index contributed by atoms with van der Waals surface area (Å²) >= 11 is 5.93. The first kappa shape index (κ1) is 20.8. The predicted octanol–water partition coefficient (Wildman–Crippen LogP) is 2.93. The van der Waals surface area contributed by atoms with Crippen LogP contribution in [0.3, 0.4) is 0 Å². The van der Waals surface area contributed by atoms with Gasteiger partial charge in [-0.05, 0) is 31.5 Å². The number of aryl methyl sites for hydroxylation is 1. The van der Waals surface area contributed by atoms with Gasteiger partial charge in [0.25, 0.3) is 5.56 Å². The molecule has 2 aromatic rings. The number of piperazine rings is 1. The molecule has 1 aliphatic heterocycles. The summed E-state index contributed by atoms with van der Waals surface area (Å²) < 4.78 is 13.5. The fourth-order valence-electron chi connectivity index (χ4n) is 2.91. The first-order valence-corrected chi connectivity index (χ1v) is 9.67. The summed E-state index contributed by atoms with van der Waals surface area (Å²) in [4.78, 5) is 16.9. The molecule has 1 fully saturated rings. The lowest BCUT2D eigenvalue weighted by molar-refractivity contribution is 0.333. The van der Waals surface area contributed by atoms with Gasteiger partial charge in [-0.15, -0.1) is 0 Å². The molecule has 1 aliphatic rings.